The number of carbonyl (C=O) groups is 2. The average Bonchev–Trinajstić information content (AvgIpc) is 3.05. The van der Waals surface area contributed by atoms with E-state index >= 15 is 0 Å². The minimum absolute atomic E-state index is 0.0367. The van der Waals surface area contributed by atoms with Crippen molar-refractivity contribution in [2.24, 2.45) is 0 Å². The summed E-state index contributed by atoms with van der Waals surface area (Å²) < 4.78 is 12.4. The summed E-state index contributed by atoms with van der Waals surface area (Å²) >= 11 is 0. The Hall–Kier alpha value is -3.14. The van der Waals surface area contributed by atoms with Crippen molar-refractivity contribution in [3.63, 3.8) is 0 Å². The fraction of sp³-hybridized carbons (Fsp3) is 0.565. The molecule has 4 rings (SSSR count). The van der Waals surface area contributed by atoms with Crippen molar-refractivity contribution in [2.75, 3.05) is 38.7 Å². The first-order valence-corrected chi connectivity index (χ1v) is 11.3. The second kappa shape index (κ2) is 9.38. The van der Waals surface area contributed by atoms with Crippen LogP contribution in [0.4, 0.5) is 16.4 Å². The Balaban J connectivity index is 1.43. The first-order valence-electron chi connectivity index (χ1n) is 11.3. The maximum atomic E-state index is 12.5. The highest BCUT2D eigenvalue weighted by atomic mass is 16.6. The van der Waals surface area contributed by atoms with Crippen LogP contribution in [0.5, 0.6) is 0 Å². The Morgan fingerprint density at radius 1 is 1.12 bits per heavy atom. The molecule has 2 aliphatic heterocycles. The van der Waals surface area contributed by atoms with Crippen LogP contribution in [0.1, 0.15) is 37.6 Å². The quantitative estimate of drug-likeness (QED) is 0.737. The van der Waals surface area contributed by atoms with E-state index in [4.69, 9.17) is 9.47 Å². The van der Waals surface area contributed by atoms with E-state index in [1.807, 2.05) is 44.0 Å². The molecule has 0 unspecified atom stereocenters. The fourth-order valence-corrected chi connectivity index (χ4v) is 4.01. The first kappa shape index (κ1) is 23.0. The second-order valence-corrected chi connectivity index (χ2v) is 9.42. The molecule has 178 valence electrons. The van der Waals surface area contributed by atoms with Crippen molar-refractivity contribution in [1.82, 2.24) is 24.6 Å². The molecule has 0 atom stereocenters. The van der Waals surface area contributed by atoms with Gasteiger partial charge in [-0.05, 0) is 44.4 Å². The Labute approximate surface area is 193 Å². The van der Waals surface area contributed by atoms with Crippen LogP contribution < -0.4 is 5.32 Å². The zero-order chi connectivity index (χ0) is 23.6. The molecule has 10 heteroatoms. The van der Waals surface area contributed by atoms with E-state index in [0.29, 0.717) is 44.4 Å². The highest BCUT2D eigenvalue weighted by Crippen LogP contribution is 2.24. The lowest BCUT2D eigenvalue weighted by Crippen LogP contribution is -2.39. The highest BCUT2D eigenvalue weighted by Gasteiger charge is 2.26. The largest absolute Gasteiger partial charge is 0.444 e. The predicted octanol–water partition coefficient (Wildman–Crippen LogP) is 2.35. The van der Waals surface area contributed by atoms with Crippen LogP contribution in [0.2, 0.25) is 0 Å². The third kappa shape index (κ3) is 5.62. The third-order valence-corrected chi connectivity index (χ3v) is 5.71. The Morgan fingerprint density at radius 2 is 1.94 bits per heavy atom. The lowest BCUT2D eigenvalue weighted by atomic mass is 10.0. The zero-order valence-corrected chi connectivity index (χ0v) is 19.8. The highest BCUT2D eigenvalue weighted by molar-refractivity contribution is 5.76. The van der Waals surface area contributed by atoms with Gasteiger partial charge in [-0.25, -0.2) is 9.78 Å². The van der Waals surface area contributed by atoms with Crippen LogP contribution in [-0.4, -0.2) is 75.5 Å². The number of rotatable bonds is 5. The number of nitrogens with zero attached hydrogens (tertiary/aromatic N) is 5. The number of ether oxygens (including phenoxy) is 2. The topological polar surface area (TPSA) is 102 Å². The molecule has 0 fully saturated rings. The number of hydrogen-bond acceptors (Lipinski definition) is 7. The summed E-state index contributed by atoms with van der Waals surface area (Å²) in [6.45, 7) is 8.66. The fourth-order valence-electron chi connectivity index (χ4n) is 4.01. The molecule has 0 spiro atoms. The number of hydrogen-bond donors (Lipinski definition) is 1. The van der Waals surface area contributed by atoms with E-state index in [0.717, 1.165) is 29.7 Å². The summed E-state index contributed by atoms with van der Waals surface area (Å²) in [5.74, 6) is 1.34. The van der Waals surface area contributed by atoms with Gasteiger partial charge < -0.3 is 24.6 Å². The summed E-state index contributed by atoms with van der Waals surface area (Å²) in [7, 11) is 1.63. The lowest BCUT2D eigenvalue weighted by molar-refractivity contribution is -0.132. The molecule has 1 N–H and O–H groups in total. The molecule has 0 saturated carbocycles. The number of fused-ring (bicyclic) bond motifs is 2. The second-order valence-electron chi connectivity index (χ2n) is 9.42. The van der Waals surface area contributed by atoms with Crippen LogP contribution in [-0.2, 0) is 40.2 Å². The molecule has 33 heavy (non-hydrogen) atoms. The van der Waals surface area contributed by atoms with Gasteiger partial charge in [-0.1, -0.05) is 0 Å². The van der Waals surface area contributed by atoms with Gasteiger partial charge in [0.2, 0.25) is 5.91 Å². The van der Waals surface area contributed by atoms with Crippen LogP contribution in [0.3, 0.4) is 0 Å². The van der Waals surface area contributed by atoms with Crippen LogP contribution >= 0.6 is 0 Å². The van der Waals surface area contributed by atoms with Crippen molar-refractivity contribution >= 4 is 23.6 Å². The monoisotopic (exact) mass is 456 g/mol. The normalized spacial score (nSPS) is 16.2. The van der Waals surface area contributed by atoms with Gasteiger partial charge >= 0.3 is 6.09 Å². The molecule has 2 aromatic heterocycles. The van der Waals surface area contributed by atoms with E-state index in [1.165, 1.54) is 0 Å². The number of anilines is 2. The molecule has 4 heterocycles. The van der Waals surface area contributed by atoms with Crippen molar-refractivity contribution in [2.45, 2.75) is 52.3 Å². The SMILES string of the molecule is COCCN1CCc2cc(Nc3cc4c(cn3)CCN(C(=O)OC(C)(C)C)C4)nn2CC1=O. The molecule has 0 bridgehead atoms. The molecule has 2 amide bonds. The van der Waals surface area contributed by atoms with E-state index < -0.39 is 5.60 Å². The van der Waals surface area contributed by atoms with E-state index in [-0.39, 0.29) is 18.5 Å². The van der Waals surface area contributed by atoms with Gasteiger partial charge in [-0.3, -0.25) is 9.48 Å². The summed E-state index contributed by atoms with van der Waals surface area (Å²) in [6.07, 6.45) is 3.01. The van der Waals surface area contributed by atoms with Gasteiger partial charge in [0.15, 0.2) is 5.82 Å². The van der Waals surface area contributed by atoms with Crippen LogP contribution in [0, 0.1) is 0 Å². The first-order chi connectivity index (χ1) is 15.7. The minimum Gasteiger partial charge on any atom is -0.444 e. The molecule has 0 aliphatic carbocycles. The predicted molar refractivity (Wildman–Crippen MR) is 122 cm³/mol. The van der Waals surface area contributed by atoms with Gasteiger partial charge in [0.1, 0.15) is 18.0 Å². The lowest BCUT2D eigenvalue weighted by Gasteiger charge is -2.31. The van der Waals surface area contributed by atoms with Crippen molar-refractivity contribution in [3.05, 3.63) is 35.2 Å². The molecule has 0 aromatic carbocycles. The van der Waals surface area contributed by atoms with Crippen LogP contribution in [0.15, 0.2) is 18.3 Å². The van der Waals surface area contributed by atoms with Gasteiger partial charge in [0.05, 0.1) is 6.61 Å². The van der Waals surface area contributed by atoms with E-state index in [1.54, 1.807) is 16.7 Å². The number of pyridine rings is 1. The van der Waals surface area contributed by atoms with Crippen molar-refractivity contribution in [3.8, 4) is 0 Å². The maximum absolute atomic E-state index is 12.5. The molecule has 10 nitrogen and oxygen atoms in total. The Morgan fingerprint density at radius 3 is 2.70 bits per heavy atom. The maximum Gasteiger partial charge on any atom is 0.410 e. The summed E-state index contributed by atoms with van der Waals surface area (Å²) in [6, 6.07) is 3.91. The number of amides is 2. The molecule has 0 radical (unpaired) electrons. The Kier molecular flexibility index (Phi) is 6.55. The van der Waals surface area contributed by atoms with Gasteiger partial charge in [0, 0.05) is 57.7 Å². The van der Waals surface area contributed by atoms with Gasteiger partial charge in [-0.15, -0.1) is 0 Å². The number of methoxy groups -OCH3 is 1. The van der Waals surface area contributed by atoms with Crippen molar-refractivity contribution in [1.29, 1.82) is 0 Å². The molecule has 2 aliphatic rings. The van der Waals surface area contributed by atoms with Gasteiger partial charge in [0.25, 0.3) is 0 Å². The van der Waals surface area contributed by atoms with Gasteiger partial charge in [-0.2, -0.15) is 5.10 Å². The summed E-state index contributed by atoms with van der Waals surface area (Å²) in [5.41, 5.74) is 2.64. The smallest absolute Gasteiger partial charge is 0.410 e. The molecule has 0 saturated heterocycles. The summed E-state index contributed by atoms with van der Waals surface area (Å²) in [4.78, 5) is 33.0. The number of aromatic nitrogens is 3. The molecular weight excluding hydrogens is 424 g/mol. The standard InChI is InChI=1S/C23H32N6O4/c1-23(2,3)33-22(31)28-7-5-16-13-24-19(11-17(16)14-28)25-20-12-18-6-8-27(9-10-32-4)21(30)15-29(18)26-20/h11-13H,5-10,14-15H2,1-4H3,(H,24,25,26). The molecule has 2 aromatic rings. The third-order valence-electron chi connectivity index (χ3n) is 5.71. The van der Waals surface area contributed by atoms with Crippen molar-refractivity contribution < 1.29 is 19.1 Å². The number of nitrogens with one attached hydrogen (secondary N) is 1. The minimum atomic E-state index is -0.524. The molecular formula is C23H32N6O4. The number of carbonyl (C=O) groups excluding carboxylic acids is 2. The van der Waals surface area contributed by atoms with E-state index in [9.17, 15) is 9.59 Å². The average molecular weight is 457 g/mol. The van der Waals surface area contributed by atoms with Crippen LogP contribution in [0.25, 0.3) is 0 Å². The Bertz CT molecular complexity index is 1030. The van der Waals surface area contributed by atoms with E-state index in [2.05, 4.69) is 15.4 Å². The summed E-state index contributed by atoms with van der Waals surface area (Å²) in [5, 5.41) is 7.82. The zero-order valence-electron chi connectivity index (χ0n) is 19.8.